The number of carbonyl (C=O) groups excluding carboxylic acids is 1. The molecule has 0 saturated carbocycles. The van der Waals surface area contributed by atoms with Crippen LogP contribution in [0, 0.1) is 0 Å². The van der Waals surface area contributed by atoms with Crippen molar-refractivity contribution < 1.29 is 9.21 Å². The van der Waals surface area contributed by atoms with E-state index >= 15 is 0 Å². The van der Waals surface area contributed by atoms with E-state index in [0.717, 1.165) is 5.76 Å². The number of hydrogen-bond donors (Lipinski definition) is 2. The lowest BCUT2D eigenvalue weighted by atomic mass is 10.2. The van der Waals surface area contributed by atoms with Gasteiger partial charge in [-0.05, 0) is 26.0 Å². The number of hydrogen-bond acceptors (Lipinski definition) is 3. The zero-order valence-corrected chi connectivity index (χ0v) is 9.25. The first-order valence-electron chi connectivity index (χ1n) is 4.60. The number of furan rings is 1. The fourth-order valence-electron chi connectivity index (χ4n) is 1.14. The highest BCUT2D eigenvalue weighted by molar-refractivity contribution is 7.81. The molecular weight excluding hydrogens is 198 g/mol. The third-order valence-electron chi connectivity index (χ3n) is 1.86. The summed E-state index contributed by atoms with van der Waals surface area (Å²) in [4.78, 5) is 11.3. The number of amides is 1. The molecule has 1 heterocycles. The zero-order valence-electron chi connectivity index (χ0n) is 8.36. The highest BCUT2D eigenvalue weighted by atomic mass is 32.1. The van der Waals surface area contributed by atoms with Crippen molar-refractivity contribution in [3.05, 3.63) is 24.2 Å². The van der Waals surface area contributed by atoms with Crippen molar-refractivity contribution in [1.82, 2.24) is 5.32 Å². The van der Waals surface area contributed by atoms with E-state index < -0.39 is 0 Å². The Balaban J connectivity index is 2.36. The minimum absolute atomic E-state index is 0.0487. The second kappa shape index (κ2) is 5.10. The minimum Gasteiger partial charge on any atom is -0.469 e. The molecule has 1 aromatic heterocycles. The van der Waals surface area contributed by atoms with Gasteiger partial charge in [-0.1, -0.05) is 0 Å². The molecule has 1 amide bonds. The lowest BCUT2D eigenvalue weighted by Gasteiger charge is -2.13. The highest BCUT2D eigenvalue weighted by Crippen LogP contribution is 2.04. The van der Waals surface area contributed by atoms with Gasteiger partial charge in [0.1, 0.15) is 5.76 Å². The van der Waals surface area contributed by atoms with Gasteiger partial charge in [-0.15, -0.1) is 0 Å². The van der Waals surface area contributed by atoms with Crippen LogP contribution >= 0.6 is 12.6 Å². The predicted octanol–water partition coefficient (Wildman–Crippen LogP) is 1.65. The molecule has 0 aliphatic rings. The summed E-state index contributed by atoms with van der Waals surface area (Å²) in [6.07, 6.45) is 2.34. The molecule has 0 aromatic carbocycles. The van der Waals surface area contributed by atoms with Gasteiger partial charge >= 0.3 is 0 Å². The number of nitrogens with one attached hydrogen (secondary N) is 1. The van der Waals surface area contributed by atoms with Crippen molar-refractivity contribution in [3.8, 4) is 0 Å². The molecule has 3 nitrogen and oxygen atoms in total. The monoisotopic (exact) mass is 213 g/mol. The molecule has 2 atom stereocenters. The first-order valence-corrected chi connectivity index (χ1v) is 5.12. The molecule has 1 aromatic rings. The maximum Gasteiger partial charge on any atom is 0.232 e. The predicted molar refractivity (Wildman–Crippen MR) is 58.5 cm³/mol. The van der Waals surface area contributed by atoms with Crippen molar-refractivity contribution in [2.75, 3.05) is 0 Å². The molecule has 2 unspecified atom stereocenters. The van der Waals surface area contributed by atoms with Gasteiger partial charge in [-0.2, -0.15) is 12.6 Å². The summed E-state index contributed by atoms with van der Waals surface area (Å²) < 4.78 is 5.18. The Morgan fingerprint density at radius 2 is 2.36 bits per heavy atom. The Morgan fingerprint density at radius 1 is 1.64 bits per heavy atom. The molecule has 78 valence electrons. The van der Waals surface area contributed by atoms with Crippen LogP contribution in [0.5, 0.6) is 0 Å². The van der Waals surface area contributed by atoms with E-state index in [9.17, 15) is 4.79 Å². The Hall–Kier alpha value is -0.900. The Kier molecular flexibility index (Phi) is 4.07. The summed E-state index contributed by atoms with van der Waals surface area (Å²) in [5, 5.41) is 2.57. The average Bonchev–Trinajstić information content (AvgIpc) is 2.56. The third kappa shape index (κ3) is 3.46. The largest absolute Gasteiger partial charge is 0.469 e. The van der Waals surface area contributed by atoms with Crippen LogP contribution in [0.15, 0.2) is 22.8 Å². The van der Waals surface area contributed by atoms with Gasteiger partial charge in [0.05, 0.1) is 11.5 Å². The van der Waals surface area contributed by atoms with Crippen LogP contribution < -0.4 is 5.32 Å². The molecule has 0 aliphatic heterocycles. The molecule has 4 heteroatoms. The van der Waals surface area contributed by atoms with Gasteiger partial charge in [-0.3, -0.25) is 4.79 Å². The van der Waals surface area contributed by atoms with Gasteiger partial charge in [0.25, 0.3) is 0 Å². The van der Waals surface area contributed by atoms with Crippen molar-refractivity contribution in [1.29, 1.82) is 0 Å². The van der Waals surface area contributed by atoms with Gasteiger partial charge in [-0.25, -0.2) is 0 Å². The summed E-state index contributed by atoms with van der Waals surface area (Å²) in [5.74, 6) is 0.831. The van der Waals surface area contributed by atoms with Crippen molar-refractivity contribution in [2.24, 2.45) is 0 Å². The second-order valence-electron chi connectivity index (χ2n) is 3.37. The number of thiol groups is 1. The molecule has 0 aliphatic carbocycles. The standard InChI is InChI=1S/C10H15NO2S/c1-7(11-10(12)8(2)14)6-9-4-3-5-13-9/h3-5,7-8,14H,6H2,1-2H3,(H,11,12). The Morgan fingerprint density at radius 3 is 2.86 bits per heavy atom. The van der Waals surface area contributed by atoms with E-state index in [1.807, 2.05) is 19.1 Å². The van der Waals surface area contributed by atoms with E-state index in [4.69, 9.17) is 4.42 Å². The van der Waals surface area contributed by atoms with Crippen molar-refractivity contribution in [3.63, 3.8) is 0 Å². The van der Waals surface area contributed by atoms with Crippen LogP contribution in [0.3, 0.4) is 0 Å². The Bertz CT molecular complexity index is 282. The van der Waals surface area contributed by atoms with Gasteiger partial charge in [0, 0.05) is 12.5 Å². The third-order valence-corrected chi connectivity index (χ3v) is 2.09. The van der Waals surface area contributed by atoms with Crippen LogP contribution in [0.4, 0.5) is 0 Å². The molecule has 0 spiro atoms. The lowest BCUT2D eigenvalue weighted by molar-refractivity contribution is -0.120. The summed E-state index contributed by atoms with van der Waals surface area (Å²) in [6, 6.07) is 3.81. The molecule has 1 N–H and O–H groups in total. The highest BCUT2D eigenvalue weighted by Gasteiger charge is 2.12. The average molecular weight is 213 g/mol. The maximum absolute atomic E-state index is 11.3. The van der Waals surface area contributed by atoms with Crippen LogP contribution in [-0.4, -0.2) is 17.2 Å². The first-order chi connectivity index (χ1) is 6.59. The molecule has 1 rings (SSSR count). The maximum atomic E-state index is 11.3. The van der Waals surface area contributed by atoms with E-state index in [-0.39, 0.29) is 17.2 Å². The molecule has 0 radical (unpaired) electrons. The zero-order chi connectivity index (χ0) is 10.6. The van der Waals surface area contributed by atoms with Crippen LogP contribution in [0.25, 0.3) is 0 Å². The van der Waals surface area contributed by atoms with E-state index in [0.29, 0.717) is 6.42 Å². The minimum atomic E-state index is -0.269. The van der Waals surface area contributed by atoms with E-state index in [2.05, 4.69) is 17.9 Å². The normalized spacial score (nSPS) is 14.8. The smallest absolute Gasteiger partial charge is 0.232 e. The number of carbonyl (C=O) groups is 1. The quantitative estimate of drug-likeness (QED) is 0.747. The number of rotatable bonds is 4. The van der Waals surface area contributed by atoms with E-state index in [1.165, 1.54) is 0 Å². The van der Waals surface area contributed by atoms with Crippen molar-refractivity contribution >= 4 is 18.5 Å². The lowest BCUT2D eigenvalue weighted by Crippen LogP contribution is -2.37. The Labute approximate surface area is 89.3 Å². The van der Waals surface area contributed by atoms with Gasteiger partial charge < -0.3 is 9.73 Å². The SMILES string of the molecule is CC(Cc1ccco1)NC(=O)C(C)S. The first kappa shape index (κ1) is 11.2. The summed E-state index contributed by atoms with van der Waals surface area (Å²) in [5.41, 5.74) is 0. The van der Waals surface area contributed by atoms with Crippen LogP contribution in [-0.2, 0) is 11.2 Å². The summed E-state index contributed by atoms with van der Waals surface area (Å²) in [7, 11) is 0. The summed E-state index contributed by atoms with van der Waals surface area (Å²) in [6.45, 7) is 3.69. The van der Waals surface area contributed by atoms with Gasteiger partial charge in [0.15, 0.2) is 0 Å². The van der Waals surface area contributed by atoms with Gasteiger partial charge in [0.2, 0.25) is 5.91 Å². The van der Waals surface area contributed by atoms with Crippen LogP contribution in [0.1, 0.15) is 19.6 Å². The van der Waals surface area contributed by atoms with E-state index in [1.54, 1.807) is 13.2 Å². The fourth-order valence-corrected chi connectivity index (χ4v) is 1.22. The molecular formula is C10H15NO2S. The molecule has 0 bridgehead atoms. The molecule has 0 fully saturated rings. The van der Waals surface area contributed by atoms with Crippen molar-refractivity contribution in [2.45, 2.75) is 31.6 Å². The second-order valence-corrected chi connectivity index (χ2v) is 4.14. The molecule has 14 heavy (non-hydrogen) atoms. The van der Waals surface area contributed by atoms with Crippen LogP contribution in [0.2, 0.25) is 0 Å². The fraction of sp³-hybridized carbons (Fsp3) is 0.500. The topological polar surface area (TPSA) is 42.2 Å². The molecule has 0 saturated heterocycles. The summed E-state index contributed by atoms with van der Waals surface area (Å²) >= 11 is 4.05.